The summed E-state index contributed by atoms with van der Waals surface area (Å²) in [5, 5.41) is 11.9. The molecule has 1 rings (SSSR count). The number of carbonyl (C=O) groups excluding carboxylic acids is 1. The standard InChI is InChI=1S/C13H15Cl2NO4/c1-7(2)11(13(18)19)16-10(17)6-20-12-8(14)4-3-5-9(12)15/h3-5,7,11H,6H2,1-2H3,(H,16,17)(H,18,19). The number of carbonyl (C=O) groups is 2. The third kappa shape index (κ3) is 4.58. The van der Waals surface area contributed by atoms with Crippen LogP contribution in [0.15, 0.2) is 18.2 Å². The first-order valence-corrected chi connectivity index (χ1v) is 6.67. The van der Waals surface area contributed by atoms with Crippen LogP contribution in [0.1, 0.15) is 13.8 Å². The van der Waals surface area contributed by atoms with Crippen LogP contribution in [-0.4, -0.2) is 29.6 Å². The van der Waals surface area contributed by atoms with Crippen molar-refractivity contribution in [1.29, 1.82) is 0 Å². The molecule has 0 saturated heterocycles. The lowest BCUT2D eigenvalue weighted by atomic mass is 10.1. The fourth-order valence-electron chi connectivity index (χ4n) is 1.49. The molecule has 0 aromatic heterocycles. The predicted octanol–water partition coefficient (Wildman–Crippen LogP) is 2.60. The van der Waals surface area contributed by atoms with E-state index in [0.717, 1.165) is 0 Å². The van der Waals surface area contributed by atoms with Crippen molar-refractivity contribution >= 4 is 35.1 Å². The molecule has 1 unspecified atom stereocenters. The number of aliphatic carboxylic acids is 1. The fourth-order valence-corrected chi connectivity index (χ4v) is 1.99. The first-order valence-electron chi connectivity index (χ1n) is 5.92. The Bertz CT molecular complexity index is 485. The van der Waals surface area contributed by atoms with Crippen LogP contribution in [0.25, 0.3) is 0 Å². The van der Waals surface area contributed by atoms with Crippen LogP contribution >= 0.6 is 23.2 Å². The minimum atomic E-state index is -1.09. The van der Waals surface area contributed by atoms with Gasteiger partial charge in [0.25, 0.3) is 5.91 Å². The molecule has 1 atom stereocenters. The van der Waals surface area contributed by atoms with Gasteiger partial charge in [0.2, 0.25) is 0 Å². The summed E-state index contributed by atoms with van der Waals surface area (Å²) in [5.74, 6) is -1.69. The Balaban J connectivity index is 2.62. The number of carboxylic acid groups (broad SMARTS) is 1. The summed E-state index contributed by atoms with van der Waals surface area (Å²) < 4.78 is 5.22. The molecule has 2 N–H and O–H groups in total. The number of carboxylic acids is 1. The molecule has 1 amide bonds. The van der Waals surface area contributed by atoms with E-state index in [1.807, 2.05) is 0 Å². The van der Waals surface area contributed by atoms with E-state index in [1.54, 1.807) is 32.0 Å². The zero-order chi connectivity index (χ0) is 15.3. The van der Waals surface area contributed by atoms with Crippen molar-refractivity contribution in [2.45, 2.75) is 19.9 Å². The third-order valence-electron chi connectivity index (χ3n) is 2.52. The molecule has 0 spiro atoms. The quantitative estimate of drug-likeness (QED) is 0.845. The molecule has 0 aliphatic rings. The normalized spacial score (nSPS) is 12.1. The van der Waals surface area contributed by atoms with Crippen LogP contribution in [0.4, 0.5) is 0 Å². The average Bonchev–Trinajstić information content (AvgIpc) is 2.34. The second kappa shape index (κ2) is 7.36. The van der Waals surface area contributed by atoms with E-state index in [9.17, 15) is 9.59 Å². The highest BCUT2D eigenvalue weighted by Crippen LogP contribution is 2.32. The maximum atomic E-state index is 11.7. The van der Waals surface area contributed by atoms with Gasteiger partial charge in [0.05, 0.1) is 10.0 Å². The largest absolute Gasteiger partial charge is 0.481 e. The summed E-state index contributed by atoms with van der Waals surface area (Å²) >= 11 is 11.8. The molecule has 0 saturated carbocycles. The van der Waals surface area contributed by atoms with Crippen LogP contribution in [0.3, 0.4) is 0 Å². The van der Waals surface area contributed by atoms with Gasteiger partial charge in [-0.05, 0) is 18.1 Å². The molecule has 0 heterocycles. The van der Waals surface area contributed by atoms with Gasteiger partial charge in [-0.25, -0.2) is 4.79 Å². The number of rotatable bonds is 6. The highest BCUT2D eigenvalue weighted by atomic mass is 35.5. The summed E-state index contributed by atoms with van der Waals surface area (Å²) in [6.45, 7) is 3.04. The fraction of sp³-hybridized carbons (Fsp3) is 0.385. The zero-order valence-electron chi connectivity index (χ0n) is 11.0. The van der Waals surface area contributed by atoms with Crippen molar-refractivity contribution in [3.8, 4) is 5.75 Å². The number of para-hydroxylation sites is 1. The summed E-state index contributed by atoms with van der Waals surface area (Å²) in [5.41, 5.74) is 0. The Morgan fingerprint density at radius 1 is 1.30 bits per heavy atom. The number of benzene rings is 1. The second-order valence-corrected chi connectivity index (χ2v) is 5.28. The molecule has 0 fully saturated rings. The molecule has 110 valence electrons. The molecular formula is C13H15Cl2NO4. The van der Waals surface area contributed by atoms with E-state index in [1.165, 1.54) is 0 Å². The average molecular weight is 320 g/mol. The smallest absolute Gasteiger partial charge is 0.326 e. The van der Waals surface area contributed by atoms with Gasteiger partial charge in [0.15, 0.2) is 12.4 Å². The molecule has 0 bridgehead atoms. The monoisotopic (exact) mass is 319 g/mol. The van der Waals surface area contributed by atoms with E-state index in [-0.39, 0.29) is 28.3 Å². The van der Waals surface area contributed by atoms with Crippen molar-refractivity contribution in [3.05, 3.63) is 28.2 Å². The highest BCUT2D eigenvalue weighted by Gasteiger charge is 2.23. The van der Waals surface area contributed by atoms with E-state index in [0.29, 0.717) is 0 Å². The highest BCUT2D eigenvalue weighted by molar-refractivity contribution is 6.37. The summed E-state index contributed by atoms with van der Waals surface area (Å²) in [4.78, 5) is 22.6. The number of ether oxygens (including phenoxy) is 1. The van der Waals surface area contributed by atoms with Gasteiger partial charge in [-0.15, -0.1) is 0 Å². The summed E-state index contributed by atoms with van der Waals surface area (Å²) in [6, 6.07) is 3.84. The van der Waals surface area contributed by atoms with Crippen molar-refractivity contribution in [1.82, 2.24) is 5.32 Å². The first-order chi connectivity index (χ1) is 9.32. The van der Waals surface area contributed by atoms with E-state index < -0.39 is 17.9 Å². The maximum absolute atomic E-state index is 11.7. The lowest BCUT2D eigenvalue weighted by molar-refractivity contribution is -0.143. The molecule has 0 aliphatic carbocycles. The van der Waals surface area contributed by atoms with Gasteiger partial charge in [-0.1, -0.05) is 43.1 Å². The van der Waals surface area contributed by atoms with Crippen LogP contribution in [0.5, 0.6) is 5.75 Å². The number of amides is 1. The van der Waals surface area contributed by atoms with Crippen molar-refractivity contribution < 1.29 is 19.4 Å². The van der Waals surface area contributed by atoms with Crippen molar-refractivity contribution in [2.24, 2.45) is 5.92 Å². The van der Waals surface area contributed by atoms with Gasteiger partial charge >= 0.3 is 5.97 Å². The molecule has 1 aromatic carbocycles. The first kappa shape index (κ1) is 16.6. The van der Waals surface area contributed by atoms with Gasteiger partial charge in [-0.2, -0.15) is 0 Å². The molecule has 7 heteroatoms. The maximum Gasteiger partial charge on any atom is 0.326 e. The molecular weight excluding hydrogens is 305 g/mol. The topological polar surface area (TPSA) is 75.6 Å². The molecule has 20 heavy (non-hydrogen) atoms. The summed E-state index contributed by atoms with van der Waals surface area (Å²) in [7, 11) is 0. The number of nitrogens with one attached hydrogen (secondary N) is 1. The Hall–Kier alpha value is -1.46. The van der Waals surface area contributed by atoms with Gasteiger partial charge in [0.1, 0.15) is 6.04 Å². The van der Waals surface area contributed by atoms with Crippen molar-refractivity contribution in [2.75, 3.05) is 6.61 Å². The van der Waals surface area contributed by atoms with Gasteiger partial charge < -0.3 is 15.2 Å². The second-order valence-electron chi connectivity index (χ2n) is 4.47. The van der Waals surface area contributed by atoms with Gasteiger partial charge in [-0.3, -0.25) is 4.79 Å². The van der Waals surface area contributed by atoms with Gasteiger partial charge in [0, 0.05) is 0 Å². The number of hydrogen-bond acceptors (Lipinski definition) is 3. The SMILES string of the molecule is CC(C)C(NC(=O)COc1c(Cl)cccc1Cl)C(=O)O. The van der Waals surface area contributed by atoms with E-state index in [4.69, 9.17) is 33.0 Å². The lowest BCUT2D eigenvalue weighted by Gasteiger charge is -2.18. The number of hydrogen-bond donors (Lipinski definition) is 2. The van der Waals surface area contributed by atoms with Crippen molar-refractivity contribution in [3.63, 3.8) is 0 Å². The lowest BCUT2D eigenvalue weighted by Crippen LogP contribution is -2.46. The molecule has 0 radical (unpaired) electrons. The zero-order valence-corrected chi connectivity index (χ0v) is 12.5. The minimum absolute atomic E-state index is 0.197. The Morgan fingerprint density at radius 2 is 1.85 bits per heavy atom. The van der Waals surface area contributed by atoms with Crippen LogP contribution < -0.4 is 10.1 Å². The Morgan fingerprint density at radius 3 is 2.30 bits per heavy atom. The Kier molecular flexibility index (Phi) is 6.10. The van der Waals surface area contributed by atoms with E-state index in [2.05, 4.69) is 5.32 Å². The minimum Gasteiger partial charge on any atom is -0.481 e. The molecule has 1 aromatic rings. The van der Waals surface area contributed by atoms with Crippen LogP contribution in [0, 0.1) is 5.92 Å². The Labute approximate surface area is 126 Å². The van der Waals surface area contributed by atoms with E-state index >= 15 is 0 Å². The molecule has 0 aliphatic heterocycles. The summed E-state index contributed by atoms with van der Waals surface area (Å²) in [6.07, 6.45) is 0. The molecule has 5 nitrogen and oxygen atoms in total. The third-order valence-corrected chi connectivity index (χ3v) is 3.11. The van der Waals surface area contributed by atoms with Crippen LogP contribution in [-0.2, 0) is 9.59 Å². The number of halogens is 2. The van der Waals surface area contributed by atoms with Crippen LogP contribution in [0.2, 0.25) is 10.0 Å². The predicted molar refractivity (Wildman–Crippen MR) is 76.4 cm³/mol.